The lowest BCUT2D eigenvalue weighted by Gasteiger charge is -2.32. The van der Waals surface area contributed by atoms with Crippen molar-refractivity contribution in [2.45, 2.75) is 39.3 Å². The van der Waals surface area contributed by atoms with Crippen molar-refractivity contribution < 1.29 is 4.79 Å². The molecule has 2 rings (SSSR count). The first-order valence-electron chi connectivity index (χ1n) is 8.78. The molecule has 6 nitrogen and oxygen atoms in total. The first kappa shape index (κ1) is 19.7. The second-order valence-electron chi connectivity index (χ2n) is 6.43. The van der Waals surface area contributed by atoms with Crippen LogP contribution in [0.5, 0.6) is 0 Å². The van der Waals surface area contributed by atoms with Crippen molar-refractivity contribution in [3.8, 4) is 0 Å². The summed E-state index contributed by atoms with van der Waals surface area (Å²) in [5, 5.41) is 6.83. The molecule has 0 aromatic heterocycles. The zero-order valence-corrected chi connectivity index (χ0v) is 16.6. The molecule has 1 aromatic carbocycles. The Bertz CT molecular complexity index is 611. The van der Waals surface area contributed by atoms with Crippen LogP contribution in [0.4, 0.5) is 0 Å². The summed E-state index contributed by atoms with van der Waals surface area (Å²) in [6, 6.07) is 6.63. The highest BCUT2D eigenvalue weighted by molar-refractivity contribution is 9.10. The van der Waals surface area contributed by atoms with E-state index < -0.39 is 0 Å². The summed E-state index contributed by atoms with van der Waals surface area (Å²) in [6.07, 6.45) is 1.96. The summed E-state index contributed by atoms with van der Waals surface area (Å²) in [5.41, 5.74) is 7.72. The number of piperidine rings is 1. The summed E-state index contributed by atoms with van der Waals surface area (Å²) < 4.78 is 1.09. The molecule has 1 aromatic rings. The Morgan fingerprint density at radius 1 is 1.40 bits per heavy atom. The molecule has 0 atom stereocenters. The molecule has 138 valence electrons. The van der Waals surface area contributed by atoms with E-state index in [1.54, 1.807) is 0 Å². The quantitative estimate of drug-likeness (QED) is 0.493. The molecule has 0 spiro atoms. The molecule has 1 aliphatic heterocycles. The van der Waals surface area contributed by atoms with Gasteiger partial charge >= 0.3 is 0 Å². The van der Waals surface area contributed by atoms with Crippen LogP contribution in [-0.2, 0) is 11.3 Å². The molecule has 1 heterocycles. The van der Waals surface area contributed by atoms with Crippen LogP contribution >= 0.6 is 15.9 Å². The Labute approximate surface area is 158 Å². The zero-order chi connectivity index (χ0) is 18.2. The van der Waals surface area contributed by atoms with Gasteiger partial charge in [0.05, 0.1) is 13.1 Å². The van der Waals surface area contributed by atoms with Crippen LogP contribution in [0.2, 0.25) is 0 Å². The molecule has 4 N–H and O–H groups in total. The molecule has 0 unspecified atom stereocenters. The van der Waals surface area contributed by atoms with Crippen LogP contribution in [0.25, 0.3) is 0 Å². The number of primary amides is 1. The minimum atomic E-state index is -0.258. The van der Waals surface area contributed by atoms with Gasteiger partial charge in [0.15, 0.2) is 5.96 Å². The molecule has 0 saturated carbocycles. The van der Waals surface area contributed by atoms with Gasteiger partial charge in [0.1, 0.15) is 0 Å². The summed E-state index contributed by atoms with van der Waals surface area (Å²) in [5.74, 6) is 0.587. The Morgan fingerprint density at radius 2 is 2.12 bits per heavy atom. The number of hydrogen-bond donors (Lipinski definition) is 3. The summed E-state index contributed by atoms with van der Waals surface area (Å²) >= 11 is 3.49. The van der Waals surface area contributed by atoms with Crippen molar-refractivity contribution in [3.05, 3.63) is 33.8 Å². The lowest BCUT2D eigenvalue weighted by atomic mass is 10.1. The van der Waals surface area contributed by atoms with Crippen LogP contribution in [0.15, 0.2) is 27.7 Å². The number of carbonyl (C=O) groups excluding carboxylic acids is 1. The number of nitrogens with one attached hydrogen (secondary N) is 2. The molecule has 7 heteroatoms. The summed E-state index contributed by atoms with van der Waals surface area (Å²) in [6.45, 7) is 7.75. The first-order chi connectivity index (χ1) is 12.0. The van der Waals surface area contributed by atoms with Crippen LogP contribution in [-0.4, -0.2) is 49.0 Å². The van der Waals surface area contributed by atoms with Gasteiger partial charge < -0.3 is 16.4 Å². The number of benzene rings is 1. The molecule has 0 radical (unpaired) electrons. The van der Waals surface area contributed by atoms with Gasteiger partial charge in [0.2, 0.25) is 5.91 Å². The summed E-state index contributed by atoms with van der Waals surface area (Å²) in [4.78, 5) is 17.8. The van der Waals surface area contributed by atoms with Crippen LogP contribution in [0.1, 0.15) is 30.9 Å². The van der Waals surface area contributed by atoms with Gasteiger partial charge in [-0.15, -0.1) is 0 Å². The number of aryl methyl sites for hydroxylation is 1. The number of guanidine groups is 1. The monoisotopic (exact) mass is 409 g/mol. The van der Waals surface area contributed by atoms with Crippen molar-refractivity contribution in [1.82, 2.24) is 15.5 Å². The van der Waals surface area contributed by atoms with Crippen LogP contribution in [0.3, 0.4) is 0 Å². The van der Waals surface area contributed by atoms with Gasteiger partial charge in [-0.1, -0.05) is 22.0 Å². The average Bonchev–Trinajstić information content (AvgIpc) is 2.55. The maximum Gasteiger partial charge on any atom is 0.231 e. The van der Waals surface area contributed by atoms with E-state index in [4.69, 9.17) is 10.7 Å². The van der Waals surface area contributed by atoms with E-state index >= 15 is 0 Å². The topological polar surface area (TPSA) is 82.8 Å². The van der Waals surface area contributed by atoms with Crippen molar-refractivity contribution in [2.24, 2.45) is 10.7 Å². The number of nitrogens with two attached hydrogens (primary N) is 1. The first-order valence-corrected chi connectivity index (χ1v) is 9.57. The number of nitrogens with zero attached hydrogens (tertiary/aromatic N) is 2. The van der Waals surface area contributed by atoms with E-state index in [9.17, 15) is 4.79 Å². The van der Waals surface area contributed by atoms with E-state index in [1.165, 1.54) is 11.1 Å². The third-order valence-corrected chi connectivity index (χ3v) is 4.86. The molecular formula is C18H28BrN5O. The van der Waals surface area contributed by atoms with E-state index in [0.717, 1.165) is 42.9 Å². The number of likely N-dealkylation sites (tertiary alicyclic amines) is 1. The van der Waals surface area contributed by atoms with Gasteiger partial charge in [-0.25, -0.2) is 4.99 Å². The van der Waals surface area contributed by atoms with Gasteiger partial charge in [-0.3, -0.25) is 9.69 Å². The molecule has 1 aliphatic rings. The maximum atomic E-state index is 11.0. The van der Waals surface area contributed by atoms with Gasteiger partial charge in [-0.05, 0) is 49.9 Å². The molecule has 1 amide bonds. The fourth-order valence-corrected chi connectivity index (χ4v) is 3.45. The number of rotatable bonds is 6. The predicted molar refractivity (Wildman–Crippen MR) is 105 cm³/mol. The predicted octanol–water partition coefficient (Wildman–Crippen LogP) is 1.76. The second-order valence-corrected chi connectivity index (χ2v) is 7.34. The minimum absolute atomic E-state index is 0.258. The SMILES string of the molecule is CCNC(=NCc1ccc(Br)cc1C)NC1CCN(CC(N)=O)CC1. The van der Waals surface area contributed by atoms with Crippen molar-refractivity contribution in [1.29, 1.82) is 0 Å². The molecular weight excluding hydrogens is 382 g/mol. The van der Waals surface area contributed by atoms with Crippen molar-refractivity contribution >= 4 is 27.8 Å². The van der Waals surface area contributed by atoms with Gasteiger partial charge in [-0.2, -0.15) is 0 Å². The normalized spacial score (nSPS) is 16.7. The Balaban J connectivity index is 1.91. The van der Waals surface area contributed by atoms with Crippen molar-refractivity contribution in [3.63, 3.8) is 0 Å². The van der Waals surface area contributed by atoms with Crippen LogP contribution in [0, 0.1) is 6.92 Å². The molecule has 1 fully saturated rings. The highest BCUT2D eigenvalue weighted by atomic mass is 79.9. The van der Waals surface area contributed by atoms with Gasteiger partial charge in [0, 0.05) is 30.1 Å². The Kier molecular flexibility index (Phi) is 7.71. The number of aliphatic imine (C=N–C) groups is 1. The lowest BCUT2D eigenvalue weighted by Crippen LogP contribution is -2.49. The minimum Gasteiger partial charge on any atom is -0.369 e. The van der Waals surface area contributed by atoms with E-state index in [-0.39, 0.29) is 5.91 Å². The number of carbonyl (C=O) groups is 1. The average molecular weight is 410 g/mol. The third-order valence-electron chi connectivity index (χ3n) is 4.36. The molecule has 25 heavy (non-hydrogen) atoms. The Morgan fingerprint density at radius 3 is 2.72 bits per heavy atom. The largest absolute Gasteiger partial charge is 0.369 e. The third kappa shape index (κ3) is 6.66. The Hall–Kier alpha value is -1.60. The highest BCUT2D eigenvalue weighted by Crippen LogP contribution is 2.16. The number of amides is 1. The van der Waals surface area contributed by atoms with Crippen molar-refractivity contribution in [2.75, 3.05) is 26.2 Å². The number of hydrogen-bond acceptors (Lipinski definition) is 3. The van der Waals surface area contributed by atoms with Crippen LogP contribution < -0.4 is 16.4 Å². The highest BCUT2D eigenvalue weighted by Gasteiger charge is 2.20. The van der Waals surface area contributed by atoms with E-state index in [1.807, 2.05) is 6.07 Å². The van der Waals surface area contributed by atoms with E-state index in [0.29, 0.717) is 19.1 Å². The van der Waals surface area contributed by atoms with Gasteiger partial charge in [0.25, 0.3) is 0 Å². The second kappa shape index (κ2) is 9.77. The fourth-order valence-electron chi connectivity index (χ4n) is 2.97. The lowest BCUT2D eigenvalue weighted by molar-refractivity contribution is -0.119. The summed E-state index contributed by atoms with van der Waals surface area (Å²) in [7, 11) is 0. The molecule has 0 bridgehead atoms. The molecule has 0 aliphatic carbocycles. The zero-order valence-electron chi connectivity index (χ0n) is 15.0. The molecule has 1 saturated heterocycles. The van der Waals surface area contributed by atoms with E-state index in [2.05, 4.69) is 57.4 Å². The number of halogens is 1. The smallest absolute Gasteiger partial charge is 0.231 e. The standard InChI is InChI=1S/C18H28BrN5O/c1-3-21-18(22-11-14-4-5-15(19)10-13(14)2)23-16-6-8-24(9-7-16)12-17(20)25/h4-5,10,16H,3,6-9,11-12H2,1-2H3,(H2,20,25)(H2,21,22,23). The maximum absolute atomic E-state index is 11.0. The fraction of sp³-hybridized carbons (Fsp3) is 0.556.